The van der Waals surface area contributed by atoms with Crippen molar-refractivity contribution in [2.24, 2.45) is 5.92 Å². The predicted octanol–water partition coefficient (Wildman–Crippen LogP) is 7.14. The molecule has 0 bridgehead atoms. The van der Waals surface area contributed by atoms with Crippen LogP contribution in [0.25, 0.3) is 0 Å². The molecule has 2 aliphatic heterocycles. The number of carbonyl (C=O) groups excluding carboxylic acids is 2. The number of anilines is 1. The number of piperidine rings is 1. The summed E-state index contributed by atoms with van der Waals surface area (Å²) >= 11 is 6.49. The first kappa shape index (κ1) is 33.3. The molecule has 236 valence electrons. The third-order valence-corrected chi connectivity index (χ3v) is 13.9. The summed E-state index contributed by atoms with van der Waals surface area (Å²) in [5.41, 5.74) is 2.18. The molecular formula is C31H39ClF4N2O4Si. The van der Waals surface area contributed by atoms with Gasteiger partial charge in [0, 0.05) is 36.3 Å². The third-order valence-electron chi connectivity index (χ3n) is 9.19. The number of alkyl halides is 3. The Bertz CT molecular complexity index is 1370. The first-order chi connectivity index (χ1) is 19.8. The summed E-state index contributed by atoms with van der Waals surface area (Å²) in [6.07, 6.45) is -4.00. The van der Waals surface area contributed by atoms with Crippen LogP contribution < -0.4 is 9.33 Å². The number of halogens is 5. The van der Waals surface area contributed by atoms with E-state index in [2.05, 4.69) is 43.5 Å². The van der Waals surface area contributed by atoms with E-state index in [0.717, 1.165) is 17.8 Å². The van der Waals surface area contributed by atoms with E-state index in [1.165, 1.54) is 6.07 Å². The van der Waals surface area contributed by atoms with Gasteiger partial charge in [-0.1, -0.05) is 32.4 Å². The molecule has 0 N–H and O–H groups in total. The monoisotopic (exact) mass is 642 g/mol. The fraction of sp³-hybridized carbons (Fsp3) is 0.548. The van der Waals surface area contributed by atoms with Crippen molar-refractivity contribution in [1.29, 1.82) is 0 Å². The van der Waals surface area contributed by atoms with Crippen LogP contribution in [-0.4, -0.2) is 64.6 Å². The highest BCUT2D eigenvalue weighted by atomic mass is 35.5. The lowest BCUT2D eigenvalue weighted by atomic mass is 9.74. The largest absolute Gasteiger partial charge is 0.543 e. The lowest BCUT2D eigenvalue weighted by molar-refractivity contribution is -0.203. The molecule has 1 saturated heterocycles. The molecule has 1 atom stereocenters. The minimum Gasteiger partial charge on any atom is -0.543 e. The van der Waals surface area contributed by atoms with Gasteiger partial charge in [0.15, 0.2) is 0 Å². The lowest BCUT2D eigenvalue weighted by Gasteiger charge is -2.40. The second-order valence-electron chi connectivity index (χ2n) is 13.3. The summed E-state index contributed by atoms with van der Waals surface area (Å²) in [7, 11) is -0.248. The zero-order chi connectivity index (χ0) is 32.0. The molecule has 0 amide bonds. The Labute approximate surface area is 256 Å². The average molecular weight is 643 g/mol. The smallest absolute Gasteiger partial charge is 0.491 e. The maximum Gasteiger partial charge on any atom is 0.491 e. The van der Waals surface area contributed by atoms with Crippen LogP contribution in [0, 0.1) is 11.7 Å². The van der Waals surface area contributed by atoms with Crippen LogP contribution in [0.5, 0.6) is 5.75 Å². The Morgan fingerprint density at radius 3 is 2.33 bits per heavy atom. The van der Waals surface area contributed by atoms with E-state index < -0.39 is 32.4 Å². The van der Waals surface area contributed by atoms with E-state index in [0.29, 0.717) is 42.3 Å². The first-order valence-electron chi connectivity index (χ1n) is 14.4. The Balaban J connectivity index is 1.54. The molecular weight excluding hydrogens is 604 g/mol. The number of likely N-dealkylation sites (N-methyl/N-ethyl adjacent to an activating group) is 1. The van der Waals surface area contributed by atoms with E-state index in [9.17, 15) is 27.2 Å². The highest BCUT2D eigenvalue weighted by Crippen LogP contribution is 2.47. The van der Waals surface area contributed by atoms with Gasteiger partial charge in [-0.3, -0.25) is 4.79 Å². The fourth-order valence-electron chi connectivity index (χ4n) is 5.73. The van der Waals surface area contributed by atoms with Crippen molar-refractivity contribution in [3.05, 3.63) is 58.4 Å². The van der Waals surface area contributed by atoms with Crippen molar-refractivity contribution in [3.63, 3.8) is 0 Å². The van der Waals surface area contributed by atoms with Crippen LogP contribution >= 0.6 is 11.6 Å². The van der Waals surface area contributed by atoms with Gasteiger partial charge in [-0.25, -0.2) is 9.18 Å². The predicted molar refractivity (Wildman–Crippen MR) is 161 cm³/mol. The van der Waals surface area contributed by atoms with Gasteiger partial charge in [0.25, 0.3) is 0 Å². The molecule has 2 aromatic carbocycles. The van der Waals surface area contributed by atoms with Crippen LogP contribution in [0.1, 0.15) is 44.7 Å². The van der Waals surface area contributed by atoms with E-state index in [-0.39, 0.29) is 29.2 Å². The Hall–Kier alpha value is -2.63. The summed E-state index contributed by atoms with van der Waals surface area (Å²) in [4.78, 5) is 28.7. The highest BCUT2D eigenvalue weighted by Gasteiger charge is 2.46. The molecule has 6 nitrogen and oxygen atoms in total. The number of hydrogen-bond acceptors (Lipinski definition) is 6. The maximum absolute atomic E-state index is 14.2. The first-order valence-corrected chi connectivity index (χ1v) is 17.6. The number of fused-ring (bicyclic) bond motifs is 2. The van der Waals surface area contributed by atoms with Crippen LogP contribution in [-0.2, 0) is 26.2 Å². The molecule has 0 aliphatic carbocycles. The van der Waals surface area contributed by atoms with E-state index in [1.54, 1.807) is 30.3 Å². The van der Waals surface area contributed by atoms with Gasteiger partial charge in [0.05, 0.1) is 5.92 Å². The van der Waals surface area contributed by atoms with Gasteiger partial charge >= 0.3 is 18.1 Å². The van der Waals surface area contributed by atoms with Crippen LogP contribution in [0.2, 0.25) is 23.2 Å². The van der Waals surface area contributed by atoms with Gasteiger partial charge in [0.2, 0.25) is 8.32 Å². The molecule has 0 radical (unpaired) electrons. The van der Waals surface area contributed by atoms with Crippen molar-refractivity contribution in [2.45, 2.75) is 69.8 Å². The molecule has 12 heteroatoms. The van der Waals surface area contributed by atoms with Crippen molar-refractivity contribution in [1.82, 2.24) is 4.90 Å². The Morgan fingerprint density at radius 2 is 1.72 bits per heavy atom. The molecule has 4 rings (SSSR count). The molecule has 2 heterocycles. The van der Waals surface area contributed by atoms with E-state index >= 15 is 0 Å². The van der Waals surface area contributed by atoms with E-state index in [1.807, 2.05) is 11.9 Å². The summed E-state index contributed by atoms with van der Waals surface area (Å²) in [5.74, 6) is -4.65. The Morgan fingerprint density at radius 1 is 1.07 bits per heavy atom. The zero-order valence-electron chi connectivity index (χ0n) is 25.4. The van der Waals surface area contributed by atoms with Crippen LogP contribution in [0.15, 0.2) is 36.4 Å². The van der Waals surface area contributed by atoms with Gasteiger partial charge in [0.1, 0.15) is 11.6 Å². The molecule has 43 heavy (non-hydrogen) atoms. The zero-order valence-corrected chi connectivity index (χ0v) is 27.2. The molecule has 1 spiro atoms. The average Bonchev–Trinajstić information content (AvgIpc) is 3.15. The minimum absolute atomic E-state index is 0.0457. The molecule has 2 aliphatic rings. The maximum atomic E-state index is 14.2. The normalized spacial score (nSPS) is 18.0. The molecule has 2 aromatic rings. The second kappa shape index (κ2) is 12.0. The number of esters is 2. The molecule has 0 aromatic heterocycles. The number of carbonyl (C=O) groups is 2. The fourth-order valence-corrected chi connectivity index (χ4v) is 6.95. The standard InChI is InChI=1S/C31H39ClF4N2O4Si/c1-29(2,3)43(5,6)42-23-8-9-25(32)20(16-23)15-21(27(39)41-28(40)31(34,35)36)18-38-13-11-30(12-14-38)19-37(4)26-10-7-22(33)17-24(26)30/h7-10,16-17,21H,11-15,18-19H2,1-6H3. The van der Waals surface area contributed by atoms with Crippen molar-refractivity contribution in [3.8, 4) is 5.75 Å². The van der Waals surface area contributed by atoms with Gasteiger partial charge < -0.3 is 19.0 Å². The summed E-state index contributed by atoms with van der Waals surface area (Å²) in [6.45, 7) is 12.3. The van der Waals surface area contributed by atoms with Crippen molar-refractivity contribution < 1.29 is 36.3 Å². The second-order valence-corrected chi connectivity index (χ2v) is 18.5. The summed E-state index contributed by atoms with van der Waals surface area (Å²) in [5, 5.41) is 0.246. The summed E-state index contributed by atoms with van der Waals surface area (Å²) < 4.78 is 63.8. The van der Waals surface area contributed by atoms with Crippen molar-refractivity contribution >= 4 is 37.5 Å². The van der Waals surface area contributed by atoms with Gasteiger partial charge in [-0.15, -0.1) is 0 Å². The summed E-state index contributed by atoms with van der Waals surface area (Å²) in [6, 6.07) is 9.89. The SMILES string of the molecule is CN1CC2(CCN(CC(Cc3cc(O[Si](C)(C)C(C)(C)C)ccc3Cl)C(=O)OC(=O)C(F)(F)F)CC2)c2cc(F)ccc21. The molecule has 1 unspecified atom stereocenters. The van der Waals surface area contributed by atoms with Crippen LogP contribution in [0.4, 0.5) is 23.2 Å². The number of ether oxygens (including phenoxy) is 1. The highest BCUT2D eigenvalue weighted by molar-refractivity contribution is 6.74. The Kier molecular flexibility index (Phi) is 9.32. The quantitative estimate of drug-likeness (QED) is 0.139. The third kappa shape index (κ3) is 7.37. The minimum atomic E-state index is -5.30. The molecule has 1 fully saturated rings. The van der Waals surface area contributed by atoms with Gasteiger partial charge in [-0.2, -0.15) is 13.2 Å². The number of nitrogens with zero attached hydrogens (tertiary/aromatic N) is 2. The number of benzene rings is 2. The van der Waals surface area contributed by atoms with Gasteiger partial charge in [-0.05, 0) is 98.0 Å². The topological polar surface area (TPSA) is 59.1 Å². The van der Waals surface area contributed by atoms with Crippen LogP contribution in [0.3, 0.4) is 0 Å². The molecule has 0 saturated carbocycles. The number of rotatable bonds is 7. The van der Waals surface area contributed by atoms with Crippen molar-refractivity contribution in [2.75, 3.05) is 38.1 Å². The number of likely N-dealkylation sites (tertiary alicyclic amines) is 1. The lowest BCUT2D eigenvalue weighted by Crippen LogP contribution is -2.47. The van der Waals surface area contributed by atoms with E-state index in [4.69, 9.17) is 16.0 Å². The number of hydrogen-bond donors (Lipinski definition) is 0.